The highest BCUT2D eigenvalue weighted by Gasteiger charge is 2.24. The van der Waals surface area contributed by atoms with Gasteiger partial charge in [-0.25, -0.2) is 4.39 Å². The zero-order valence-electron chi connectivity index (χ0n) is 11.3. The fourth-order valence-electron chi connectivity index (χ4n) is 2.28. The summed E-state index contributed by atoms with van der Waals surface area (Å²) in [4.78, 5) is 0. The lowest BCUT2D eigenvalue weighted by atomic mass is 9.80. The van der Waals surface area contributed by atoms with E-state index in [0.29, 0.717) is 18.8 Å². The summed E-state index contributed by atoms with van der Waals surface area (Å²) in [6.07, 6.45) is 0. The molecule has 1 aromatic rings. The van der Waals surface area contributed by atoms with E-state index in [-0.39, 0.29) is 23.6 Å². The molecule has 0 aliphatic rings. The van der Waals surface area contributed by atoms with Crippen molar-refractivity contribution in [3.8, 4) is 5.75 Å². The van der Waals surface area contributed by atoms with Crippen LogP contribution in [0.3, 0.4) is 0 Å². The highest BCUT2D eigenvalue weighted by Crippen LogP contribution is 2.35. The molecule has 0 aromatic heterocycles. The molecule has 1 aromatic carbocycles. The van der Waals surface area contributed by atoms with Crippen molar-refractivity contribution in [3.63, 3.8) is 0 Å². The van der Waals surface area contributed by atoms with Crippen LogP contribution >= 0.6 is 0 Å². The molecule has 102 valence electrons. The first-order valence-electron chi connectivity index (χ1n) is 6.28. The predicted molar refractivity (Wildman–Crippen MR) is 72.1 cm³/mol. The Balaban J connectivity index is 3.01. The van der Waals surface area contributed by atoms with Gasteiger partial charge in [0, 0.05) is 5.56 Å². The molecule has 4 N–H and O–H groups in total. The van der Waals surface area contributed by atoms with Gasteiger partial charge in [-0.2, -0.15) is 0 Å². The van der Waals surface area contributed by atoms with E-state index in [9.17, 15) is 4.39 Å². The lowest BCUT2D eigenvalue weighted by Crippen LogP contribution is -2.31. The summed E-state index contributed by atoms with van der Waals surface area (Å²) in [5.41, 5.74) is 12.3. The summed E-state index contributed by atoms with van der Waals surface area (Å²) in [7, 11) is 1.59. The quantitative estimate of drug-likeness (QED) is 0.817. The van der Waals surface area contributed by atoms with Crippen LogP contribution in [-0.2, 0) is 0 Å². The summed E-state index contributed by atoms with van der Waals surface area (Å²) in [5, 5.41) is 0. The van der Waals surface area contributed by atoms with Crippen molar-refractivity contribution in [2.75, 3.05) is 20.2 Å². The lowest BCUT2D eigenvalue weighted by Gasteiger charge is -2.28. The van der Waals surface area contributed by atoms with Crippen LogP contribution in [0, 0.1) is 17.7 Å². The first kappa shape index (κ1) is 14.9. The van der Waals surface area contributed by atoms with E-state index in [2.05, 4.69) is 13.8 Å². The summed E-state index contributed by atoms with van der Waals surface area (Å²) in [6, 6.07) is 4.60. The number of hydrogen-bond donors (Lipinski definition) is 2. The molecule has 4 heteroatoms. The molecule has 0 radical (unpaired) electrons. The normalized spacial score (nSPS) is 14.6. The largest absolute Gasteiger partial charge is 0.496 e. The standard InChI is InChI=1S/C14H23FN2O/c1-9(11(7-16)8-17)10(2)13-6-12(15)4-5-14(13)18-3/h4-6,9-11H,7-8,16-17H2,1-3H3. The molecule has 0 saturated heterocycles. The first-order valence-corrected chi connectivity index (χ1v) is 6.28. The molecule has 1 rings (SSSR count). The Hall–Kier alpha value is -1.13. The van der Waals surface area contributed by atoms with E-state index in [4.69, 9.17) is 16.2 Å². The van der Waals surface area contributed by atoms with E-state index in [1.54, 1.807) is 13.2 Å². The Kier molecular flexibility index (Phi) is 5.56. The summed E-state index contributed by atoms with van der Waals surface area (Å²) >= 11 is 0. The molecule has 0 fully saturated rings. The van der Waals surface area contributed by atoms with Crippen LogP contribution in [0.4, 0.5) is 4.39 Å². The molecule has 3 nitrogen and oxygen atoms in total. The molecule has 0 heterocycles. The first-order chi connectivity index (χ1) is 8.54. The molecular formula is C14H23FN2O. The predicted octanol–water partition coefficient (Wildman–Crippen LogP) is 2.11. The van der Waals surface area contributed by atoms with Crippen molar-refractivity contribution in [2.24, 2.45) is 23.3 Å². The number of hydrogen-bond acceptors (Lipinski definition) is 3. The SMILES string of the molecule is COc1ccc(F)cc1C(C)C(C)C(CN)CN. The van der Waals surface area contributed by atoms with E-state index >= 15 is 0 Å². The third-order valence-corrected chi connectivity index (χ3v) is 3.82. The van der Waals surface area contributed by atoms with E-state index in [1.165, 1.54) is 12.1 Å². The van der Waals surface area contributed by atoms with Gasteiger partial charge in [0.05, 0.1) is 7.11 Å². The molecular weight excluding hydrogens is 231 g/mol. The highest BCUT2D eigenvalue weighted by molar-refractivity contribution is 5.37. The molecule has 0 bridgehead atoms. The third kappa shape index (κ3) is 3.21. The molecule has 0 saturated carbocycles. The van der Waals surface area contributed by atoms with Crippen molar-refractivity contribution in [2.45, 2.75) is 19.8 Å². The monoisotopic (exact) mass is 254 g/mol. The van der Waals surface area contributed by atoms with Gasteiger partial charge < -0.3 is 16.2 Å². The van der Waals surface area contributed by atoms with E-state index < -0.39 is 0 Å². The Morgan fingerprint density at radius 1 is 1.22 bits per heavy atom. The lowest BCUT2D eigenvalue weighted by molar-refractivity contribution is 0.318. The van der Waals surface area contributed by atoms with Crippen LogP contribution in [-0.4, -0.2) is 20.2 Å². The maximum Gasteiger partial charge on any atom is 0.123 e. The minimum atomic E-state index is -0.248. The van der Waals surface area contributed by atoms with Gasteiger partial charge >= 0.3 is 0 Å². The minimum absolute atomic E-state index is 0.146. The second kappa shape index (κ2) is 6.71. The van der Waals surface area contributed by atoms with Gasteiger partial charge in [-0.15, -0.1) is 0 Å². The summed E-state index contributed by atoms with van der Waals surface area (Å²) in [5.74, 6) is 1.11. The second-order valence-corrected chi connectivity index (χ2v) is 4.77. The molecule has 2 atom stereocenters. The summed E-state index contributed by atoms with van der Waals surface area (Å²) in [6.45, 7) is 5.24. The number of halogens is 1. The average molecular weight is 254 g/mol. The number of rotatable bonds is 6. The van der Waals surface area contributed by atoms with Crippen molar-refractivity contribution < 1.29 is 9.13 Å². The highest BCUT2D eigenvalue weighted by atomic mass is 19.1. The van der Waals surface area contributed by atoms with Crippen LogP contribution in [0.5, 0.6) is 5.75 Å². The molecule has 0 amide bonds. The fourth-order valence-corrected chi connectivity index (χ4v) is 2.28. The van der Waals surface area contributed by atoms with Crippen LogP contribution in [0.15, 0.2) is 18.2 Å². The van der Waals surface area contributed by atoms with Gasteiger partial charge in [-0.05, 0) is 49.0 Å². The molecule has 2 unspecified atom stereocenters. The van der Waals surface area contributed by atoms with Gasteiger partial charge in [-0.1, -0.05) is 13.8 Å². The smallest absolute Gasteiger partial charge is 0.123 e. The Bertz CT molecular complexity index is 380. The maximum atomic E-state index is 13.4. The third-order valence-electron chi connectivity index (χ3n) is 3.82. The molecule has 18 heavy (non-hydrogen) atoms. The molecule has 0 spiro atoms. The van der Waals surface area contributed by atoms with Gasteiger partial charge in [0.1, 0.15) is 11.6 Å². The maximum absolute atomic E-state index is 13.4. The molecule has 0 aliphatic carbocycles. The number of methoxy groups -OCH3 is 1. The summed E-state index contributed by atoms with van der Waals surface area (Å²) < 4.78 is 18.7. The number of ether oxygens (including phenoxy) is 1. The second-order valence-electron chi connectivity index (χ2n) is 4.77. The Morgan fingerprint density at radius 3 is 2.33 bits per heavy atom. The number of nitrogens with two attached hydrogens (primary N) is 2. The minimum Gasteiger partial charge on any atom is -0.496 e. The van der Waals surface area contributed by atoms with Crippen LogP contribution < -0.4 is 16.2 Å². The average Bonchev–Trinajstić information content (AvgIpc) is 2.39. The topological polar surface area (TPSA) is 61.3 Å². The number of benzene rings is 1. The Morgan fingerprint density at radius 2 is 1.83 bits per heavy atom. The van der Waals surface area contributed by atoms with Gasteiger partial charge in [-0.3, -0.25) is 0 Å². The van der Waals surface area contributed by atoms with Gasteiger partial charge in [0.15, 0.2) is 0 Å². The zero-order valence-corrected chi connectivity index (χ0v) is 11.3. The zero-order chi connectivity index (χ0) is 13.7. The van der Waals surface area contributed by atoms with Crippen LogP contribution in [0.1, 0.15) is 25.3 Å². The Labute approximate surface area is 108 Å². The fraction of sp³-hybridized carbons (Fsp3) is 0.571. The van der Waals surface area contributed by atoms with E-state index in [1.807, 2.05) is 0 Å². The van der Waals surface area contributed by atoms with Crippen LogP contribution in [0.2, 0.25) is 0 Å². The van der Waals surface area contributed by atoms with Gasteiger partial charge in [0.25, 0.3) is 0 Å². The van der Waals surface area contributed by atoms with E-state index in [0.717, 1.165) is 5.56 Å². The van der Waals surface area contributed by atoms with Crippen LogP contribution in [0.25, 0.3) is 0 Å². The van der Waals surface area contributed by atoms with Gasteiger partial charge in [0.2, 0.25) is 0 Å². The van der Waals surface area contributed by atoms with Crippen molar-refractivity contribution in [3.05, 3.63) is 29.6 Å². The van der Waals surface area contributed by atoms with Crippen molar-refractivity contribution >= 4 is 0 Å². The van der Waals surface area contributed by atoms with Crippen molar-refractivity contribution in [1.29, 1.82) is 0 Å². The molecule has 0 aliphatic heterocycles. The van der Waals surface area contributed by atoms with Crippen molar-refractivity contribution in [1.82, 2.24) is 0 Å².